The van der Waals surface area contributed by atoms with E-state index in [2.05, 4.69) is 15.9 Å². The number of carboxylic acids is 1. The number of benzene rings is 1. The van der Waals surface area contributed by atoms with Gasteiger partial charge in [-0.25, -0.2) is 4.39 Å². The summed E-state index contributed by atoms with van der Waals surface area (Å²) in [5.74, 6) is -1.21. The van der Waals surface area contributed by atoms with E-state index in [-0.39, 0.29) is 18.4 Å². The molecule has 1 unspecified atom stereocenters. The van der Waals surface area contributed by atoms with Crippen LogP contribution in [-0.4, -0.2) is 28.6 Å². The third-order valence-electron chi connectivity index (χ3n) is 2.93. The van der Waals surface area contributed by atoms with Crippen molar-refractivity contribution in [2.24, 2.45) is 0 Å². The standard InChI is InChI=1S/C13H17BrFNO2/c1-3-9(2)16(8-13(17)18)7-10-6-11(14)4-5-12(10)15/h4-6,9H,3,7-8H2,1-2H3,(H,17,18). The predicted molar refractivity (Wildman–Crippen MR) is 71.9 cm³/mol. The van der Waals surface area contributed by atoms with Crippen LogP contribution >= 0.6 is 15.9 Å². The van der Waals surface area contributed by atoms with E-state index in [0.29, 0.717) is 12.1 Å². The second kappa shape index (κ2) is 6.85. The molecule has 5 heteroatoms. The zero-order chi connectivity index (χ0) is 13.7. The first-order valence-electron chi connectivity index (χ1n) is 5.83. The van der Waals surface area contributed by atoms with Crippen LogP contribution < -0.4 is 0 Å². The maximum absolute atomic E-state index is 13.6. The van der Waals surface area contributed by atoms with Crippen molar-refractivity contribution in [1.82, 2.24) is 4.90 Å². The van der Waals surface area contributed by atoms with Gasteiger partial charge < -0.3 is 5.11 Å². The summed E-state index contributed by atoms with van der Waals surface area (Å²) in [5.41, 5.74) is 0.505. The molecular weight excluding hydrogens is 301 g/mol. The van der Waals surface area contributed by atoms with Gasteiger partial charge in [-0.05, 0) is 31.5 Å². The third kappa shape index (κ3) is 4.38. The van der Waals surface area contributed by atoms with Crippen molar-refractivity contribution in [1.29, 1.82) is 0 Å². The first-order chi connectivity index (χ1) is 8.43. The number of rotatable bonds is 6. The van der Waals surface area contributed by atoms with Crippen molar-refractivity contribution < 1.29 is 14.3 Å². The van der Waals surface area contributed by atoms with Gasteiger partial charge in [-0.1, -0.05) is 22.9 Å². The molecule has 1 aromatic carbocycles. The molecule has 0 aliphatic rings. The number of hydrogen-bond acceptors (Lipinski definition) is 2. The maximum Gasteiger partial charge on any atom is 0.317 e. The molecule has 0 spiro atoms. The molecule has 0 bridgehead atoms. The second-order valence-corrected chi connectivity index (χ2v) is 5.21. The molecule has 1 rings (SSSR count). The van der Waals surface area contributed by atoms with Gasteiger partial charge in [0.15, 0.2) is 0 Å². The van der Waals surface area contributed by atoms with Gasteiger partial charge in [0, 0.05) is 22.6 Å². The van der Waals surface area contributed by atoms with Crippen LogP contribution in [0.3, 0.4) is 0 Å². The molecule has 0 aliphatic heterocycles. The summed E-state index contributed by atoms with van der Waals surface area (Å²) in [4.78, 5) is 12.6. The van der Waals surface area contributed by atoms with E-state index in [9.17, 15) is 9.18 Å². The van der Waals surface area contributed by atoms with Crippen molar-refractivity contribution >= 4 is 21.9 Å². The van der Waals surface area contributed by atoms with Crippen LogP contribution in [0, 0.1) is 5.82 Å². The van der Waals surface area contributed by atoms with E-state index in [0.717, 1.165) is 10.9 Å². The minimum atomic E-state index is -0.897. The molecule has 3 nitrogen and oxygen atoms in total. The maximum atomic E-state index is 13.6. The summed E-state index contributed by atoms with van der Waals surface area (Å²) in [7, 11) is 0. The van der Waals surface area contributed by atoms with Crippen molar-refractivity contribution in [3.8, 4) is 0 Å². The first kappa shape index (κ1) is 15.1. The van der Waals surface area contributed by atoms with Crippen LogP contribution in [0.15, 0.2) is 22.7 Å². The third-order valence-corrected chi connectivity index (χ3v) is 3.43. The molecule has 1 N–H and O–H groups in total. The van der Waals surface area contributed by atoms with Crippen LogP contribution in [0.4, 0.5) is 4.39 Å². The molecule has 0 aliphatic carbocycles. The molecule has 100 valence electrons. The van der Waals surface area contributed by atoms with Gasteiger partial charge in [0.2, 0.25) is 0 Å². The fourth-order valence-corrected chi connectivity index (χ4v) is 2.09. The minimum Gasteiger partial charge on any atom is -0.480 e. The Hall–Kier alpha value is -0.940. The molecule has 18 heavy (non-hydrogen) atoms. The van der Waals surface area contributed by atoms with E-state index >= 15 is 0 Å². The van der Waals surface area contributed by atoms with Gasteiger partial charge in [0.25, 0.3) is 0 Å². The number of nitrogens with zero attached hydrogens (tertiary/aromatic N) is 1. The highest BCUT2D eigenvalue weighted by Gasteiger charge is 2.17. The Morgan fingerprint density at radius 2 is 2.22 bits per heavy atom. The van der Waals surface area contributed by atoms with Crippen molar-refractivity contribution in [2.45, 2.75) is 32.9 Å². The van der Waals surface area contributed by atoms with Crippen LogP contribution in [0.1, 0.15) is 25.8 Å². The van der Waals surface area contributed by atoms with Crippen molar-refractivity contribution in [3.05, 3.63) is 34.1 Å². The van der Waals surface area contributed by atoms with Crippen LogP contribution in [0.25, 0.3) is 0 Å². The Bertz CT molecular complexity index is 425. The Morgan fingerprint density at radius 3 is 2.78 bits per heavy atom. The molecule has 0 fully saturated rings. The van der Waals surface area contributed by atoms with Gasteiger partial charge in [-0.3, -0.25) is 9.69 Å². The average Bonchev–Trinajstić information content (AvgIpc) is 2.31. The number of carboxylic acid groups (broad SMARTS) is 1. The topological polar surface area (TPSA) is 40.5 Å². The van der Waals surface area contributed by atoms with E-state index < -0.39 is 5.97 Å². The fourth-order valence-electron chi connectivity index (χ4n) is 1.68. The van der Waals surface area contributed by atoms with Gasteiger partial charge in [0.1, 0.15) is 5.82 Å². The Labute approximate surface area is 115 Å². The molecule has 0 radical (unpaired) electrons. The highest BCUT2D eigenvalue weighted by atomic mass is 79.9. The largest absolute Gasteiger partial charge is 0.480 e. The Morgan fingerprint density at radius 1 is 1.56 bits per heavy atom. The van der Waals surface area contributed by atoms with Crippen LogP contribution in [-0.2, 0) is 11.3 Å². The number of carbonyl (C=O) groups is 1. The monoisotopic (exact) mass is 317 g/mol. The molecule has 0 heterocycles. The highest BCUT2D eigenvalue weighted by molar-refractivity contribution is 9.10. The number of halogens is 2. The number of hydrogen-bond donors (Lipinski definition) is 1. The quantitative estimate of drug-likeness (QED) is 0.875. The van der Waals surface area contributed by atoms with E-state index in [1.807, 2.05) is 13.8 Å². The molecule has 0 aromatic heterocycles. The molecule has 1 atom stereocenters. The lowest BCUT2D eigenvalue weighted by molar-refractivity contribution is -0.139. The lowest BCUT2D eigenvalue weighted by atomic mass is 10.1. The zero-order valence-electron chi connectivity index (χ0n) is 10.5. The minimum absolute atomic E-state index is 0.0824. The Balaban J connectivity index is 2.88. The summed E-state index contributed by atoms with van der Waals surface area (Å²) in [6.45, 7) is 4.14. The van der Waals surface area contributed by atoms with E-state index in [4.69, 9.17) is 5.11 Å². The average molecular weight is 318 g/mol. The lowest BCUT2D eigenvalue weighted by Gasteiger charge is -2.26. The molecule has 1 aromatic rings. The molecule has 0 saturated carbocycles. The molecule has 0 amide bonds. The predicted octanol–water partition coefficient (Wildman–Crippen LogP) is 3.27. The van der Waals surface area contributed by atoms with Crippen molar-refractivity contribution in [3.63, 3.8) is 0 Å². The van der Waals surface area contributed by atoms with E-state index in [1.165, 1.54) is 6.07 Å². The fraction of sp³-hybridized carbons (Fsp3) is 0.462. The summed E-state index contributed by atoms with van der Waals surface area (Å²) in [6.07, 6.45) is 0.822. The summed E-state index contributed by atoms with van der Waals surface area (Å²) in [6, 6.07) is 4.80. The van der Waals surface area contributed by atoms with E-state index in [1.54, 1.807) is 17.0 Å². The molecule has 0 saturated heterocycles. The smallest absolute Gasteiger partial charge is 0.317 e. The van der Waals surface area contributed by atoms with Gasteiger partial charge >= 0.3 is 5.97 Å². The number of aliphatic carboxylic acids is 1. The van der Waals surface area contributed by atoms with Gasteiger partial charge in [-0.15, -0.1) is 0 Å². The summed E-state index contributed by atoms with van der Waals surface area (Å²) >= 11 is 3.29. The van der Waals surface area contributed by atoms with Gasteiger partial charge in [0.05, 0.1) is 6.54 Å². The molecular formula is C13H17BrFNO2. The van der Waals surface area contributed by atoms with Crippen molar-refractivity contribution in [2.75, 3.05) is 6.54 Å². The highest BCUT2D eigenvalue weighted by Crippen LogP contribution is 2.18. The lowest BCUT2D eigenvalue weighted by Crippen LogP contribution is -2.36. The van der Waals surface area contributed by atoms with Crippen LogP contribution in [0.2, 0.25) is 0 Å². The van der Waals surface area contributed by atoms with Crippen LogP contribution in [0.5, 0.6) is 0 Å². The van der Waals surface area contributed by atoms with Gasteiger partial charge in [-0.2, -0.15) is 0 Å². The SMILES string of the molecule is CCC(C)N(CC(=O)O)Cc1cc(Br)ccc1F. The first-order valence-corrected chi connectivity index (χ1v) is 6.63. The second-order valence-electron chi connectivity index (χ2n) is 4.29. The normalized spacial score (nSPS) is 12.7. The summed E-state index contributed by atoms with van der Waals surface area (Å²) in [5, 5.41) is 8.89. The Kier molecular flexibility index (Phi) is 5.75. The zero-order valence-corrected chi connectivity index (χ0v) is 12.1. The summed E-state index contributed by atoms with van der Waals surface area (Å²) < 4.78 is 14.4.